The largest absolute Gasteiger partial charge is 0.454 e. The molecule has 6 nitrogen and oxygen atoms in total. The Bertz CT molecular complexity index is 1180. The van der Waals surface area contributed by atoms with E-state index in [-0.39, 0.29) is 43.3 Å². The van der Waals surface area contributed by atoms with Crippen LogP contribution in [0.2, 0.25) is 0 Å². The second-order valence-corrected chi connectivity index (χ2v) is 9.06. The first kappa shape index (κ1) is 21.5. The van der Waals surface area contributed by atoms with E-state index in [1.807, 2.05) is 34.5 Å². The van der Waals surface area contributed by atoms with Gasteiger partial charge >= 0.3 is 0 Å². The summed E-state index contributed by atoms with van der Waals surface area (Å²) < 4.78 is 24.1. The number of amides is 2. The Morgan fingerprint density at radius 2 is 1.88 bits per heavy atom. The van der Waals surface area contributed by atoms with Crippen molar-refractivity contribution in [3.8, 4) is 11.5 Å². The summed E-state index contributed by atoms with van der Waals surface area (Å²) in [5.74, 6) is 0.785. The van der Waals surface area contributed by atoms with Gasteiger partial charge in [0, 0.05) is 30.8 Å². The summed E-state index contributed by atoms with van der Waals surface area (Å²) in [4.78, 5) is 28.6. The Balaban J connectivity index is 1.21. The SMILES string of the molecule is O=C(CCC(=O)N1CCc2sccc2C1c1ccc(F)cc1)NCc1ccc2c(c1)OCO2. The molecule has 170 valence electrons. The molecule has 0 aliphatic carbocycles. The normalized spacial score (nSPS) is 16.4. The predicted octanol–water partition coefficient (Wildman–Crippen LogP) is 4.19. The smallest absolute Gasteiger partial charge is 0.231 e. The molecular weight excluding hydrogens is 443 g/mol. The maximum atomic E-state index is 13.5. The van der Waals surface area contributed by atoms with Crippen molar-refractivity contribution in [2.45, 2.75) is 31.8 Å². The van der Waals surface area contributed by atoms with Crippen LogP contribution in [-0.2, 0) is 22.6 Å². The molecule has 1 atom stereocenters. The lowest BCUT2D eigenvalue weighted by atomic mass is 9.93. The van der Waals surface area contributed by atoms with Crippen LogP contribution < -0.4 is 14.8 Å². The minimum absolute atomic E-state index is 0.0839. The van der Waals surface area contributed by atoms with Gasteiger partial charge in [-0.15, -0.1) is 11.3 Å². The zero-order valence-corrected chi connectivity index (χ0v) is 18.7. The van der Waals surface area contributed by atoms with Crippen LogP contribution >= 0.6 is 11.3 Å². The molecule has 3 heterocycles. The van der Waals surface area contributed by atoms with E-state index in [4.69, 9.17) is 9.47 Å². The number of benzene rings is 2. The first-order chi connectivity index (χ1) is 16.1. The Morgan fingerprint density at radius 1 is 1.06 bits per heavy atom. The lowest BCUT2D eigenvalue weighted by Gasteiger charge is -2.36. The number of carbonyl (C=O) groups is 2. The summed E-state index contributed by atoms with van der Waals surface area (Å²) in [6, 6.07) is 13.6. The maximum absolute atomic E-state index is 13.5. The van der Waals surface area contributed by atoms with Gasteiger partial charge in [-0.25, -0.2) is 4.39 Å². The summed E-state index contributed by atoms with van der Waals surface area (Å²) >= 11 is 1.68. The fourth-order valence-electron chi connectivity index (χ4n) is 4.29. The van der Waals surface area contributed by atoms with Gasteiger partial charge in [0.15, 0.2) is 11.5 Å². The number of thiophene rings is 1. The summed E-state index contributed by atoms with van der Waals surface area (Å²) in [6.07, 6.45) is 1.00. The fraction of sp³-hybridized carbons (Fsp3) is 0.280. The zero-order chi connectivity index (χ0) is 22.8. The average Bonchev–Trinajstić information content (AvgIpc) is 3.50. The van der Waals surface area contributed by atoms with Gasteiger partial charge in [-0.1, -0.05) is 18.2 Å². The van der Waals surface area contributed by atoms with Crippen molar-refractivity contribution in [1.29, 1.82) is 0 Å². The van der Waals surface area contributed by atoms with Crippen molar-refractivity contribution < 1.29 is 23.5 Å². The van der Waals surface area contributed by atoms with Crippen LogP contribution in [0.3, 0.4) is 0 Å². The number of ether oxygens (including phenoxy) is 2. The summed E-state index contributed by atoms with van der Waals surface area (Å²) in [5.41, 5.74) is 2.85. The molecule has 1 aromatic heterocycles. The molecule has 1 N–H and O–H groups in total. The molecule has 2 amide bonds. The second kappa shape index (κ2) is 9.23. The van der Waals surface area contributed by atoms with Crippen LogP contribution in [0.25, 0.3) is 0 Å². The van der Waals surface area contributed by atoms with Gasteiger partial charge in [-0.05, 0) is 58.8 Å². The van der Waals surface area contributed by atoms with Gasteiger partial charge in [0.05, 0.1) is 6.04 Å². The van der Waals surface area contributed by atoms with E-state index in [9.17, 15) is 14.0 Å². The standard InChI is InChI=1S/C25H23FN2O4S/c26-18-4-2-17(3-5-18)25-19-10-12-33-22(19)9-11-28(25)24(30)8-7-23(29)27-14-16-1-6-20-21(13-16)32-15-31-20/h1-6,10,12-13,25H,7-9,11,14-15H2,(H,27,29). The van der Waals surface area contributed by atoms with Gasteiger partial charge in [0.2, 0.25) is 18.6 Å². The Morgan fingerprint density at radius 3 is 2.73 bits per heavy atom. The number of rotatable bonds is 6. The highest BCUT2D eigenvalue weighted by molar-refractivity contribution is 7.10. The monoisotopic (exact) mass is 466 g/mol. The Kier molecular flexibility index (Phi) is 6.00. The molecule has 2 aliphatic rings. The van der Waals surface area contributed by atoms with Gasteiger partial charge in [0.1, 0.15) is 5.82 Å². The van der Waals surface area contributed by atoms with Crippen molar-refractivity contribution in [3.63, 3.8) is 0 Å². The number of hydrogen-bond acceptors (Lipinski definition) is 5. The minimum atomic E-state index is -0.308. The van der Waals surface area contributed by atoms with E-state index in [1.54, 1.807) is 23.5 Å². The molecule has 2 aliphatic heterocycles. The third-order valence-corrected chi connectivity index (χ3v) is 6.96. The molecule has 33 heavy (non-hydrogen) atoms. The molecule has 0 radical (unpaired) electrons. The van der Waals surface area contributed by atoms with Crippen molar-refractivity contribution in [2.75, 3.05) is 13.3 Å². The lowest BCUT2D eigenvalue weighted by molar-refractivity contribution is -0.135. The summed E-state index contributed by atoms with van der Waals surface area (Å²) in [7, 11) is 0. The highest BCUT2D eigenvalue weighted by atomic mass is 32.1. The van der Waals surface area contributed by atoms with Crippen LogP contribution in [0, 0.1) is 5.82 Å². The van der Waals surface area contributed by atoms with Gasteiger partial charge in [-0.3, -0.25) is 9.59 Å². The number of fused-ring (bicyclic) bond motifs is 2. The van der Waals surface area contributed by atoms with E-state index in [2.05, 4.69) is 5.32 Å². The predicted molar refractivity (Wildman–Crippen MR) is 122 cm³/mol. The fourth-order valence-corrected chi connectivity index (χ4v) is 5.20. The number of nitrogens with one attached hydrogen (secondary N) is 1. The molecule has 5 rings (SSSR count). The first-order valence-electron chi connectivity index (χ1n) is 10.8. The van der Waals surface area contributed by atoms with Gasteiger partial charge in [0.25, 0.3) is 0 Å². The molecule has 0 saturated carbocycles. The van der Waals surface area contributed by atoms with Crippen LogP contribution in [0.1, 0.15) is 40.5 Å². The maximum Gasteiger partial charge on any atom is 0.231 e. The molecule has 3 aromatic rings. The summed E-state index contributed by atoms with van der Waals surface area (Å²) in [5, 5.41) is 4.89. The second-order valence-electron chi connectivity index (χ2n) is 8.05. The van der Waals surface area contributed by atoms with Crippen LogP contribution in [-0.4, -0.2) is 30.1 Å². The van der Waals surface area contributed by atoms with Gasteiger partial charge in [-0.2, -0.15) is 0 Å². The molecule has 0 fully saturated rings. The van der Waals surface area contributed by atoms with Crippen molar-refractivity contribution >= 4 is 23.2 Å². The van der Waals surface area contributed by atoms with E-state index >= 15 is 0 Å². The molecule has 0 saturated heterocycles. The van der Waals surface area contributed by atoms with Gasteiger partial charge < -0.3 is 19.7 Å². The van der Waals surface area contributed by atoms with E-state index in [1.165, 1.54) is 17.0 Å². The Hall–Kier alpha value is -3.39. The van der Waals surface area contributed by atoms with Crippen LogP contribution in [0.5, 0.6) is 11.5 Å². The molecule has 0 bridgehead atoms. The first-order valence-corrected chi connectivity index (χ1v) is 11.7. The van der Waals surface area contributed by atoms with Crippen molar-refractivity contribution in [1.82, 2.24) is 10.2 Å². The van der Waals surface area contributed by atoms with E-state index < -0.39 is 0 Å². The molecule has 0 spiro atoms. The average molecular weight is 467 g/mol. The minimum Gasteiger partial charge on any atom is -0.454 e. The van der Waals surface area contributed by atoms with Crippen molar-refractivity contribution in [2.24, 2.45) is 0 Å². The molecule has 1 unspecified atom stereocenters. The number of nitrogens with zero attached hydrogens (tertiary/aromatic N) is 1. The topological polar surface area (TPSA) is 67.9 Å². The summed E-state index contributed by atoms with van der Waals surface area (Å²) in [6.45, 7) is 1.13. The van der Waals surface area contributed by atoms with Crippen LogP contribution in [0.4, 0.5) is 4.39 Å². The highest BCUT2D eigenvalue weighted by Crippen LogP contribution is 2.38. The quantitative estimate of drug-likeness (QED) is 0.592. The van der Waals surface area contributed by atoms with E-state index in [0.29, 0.717) is 24.6 Å². The van der Waals surface area contributed by atoms with E-state index in [0.717, 1.165) is 23.1 Å². The number of carbonyl (C=O) groups excluding carboxylic acids is 2. The third kappa shape index (κ3) is 4.57. The van der Waals surface area contributed by atoms with Crippen LogP contribution in [0.15, 0.2) is 53.9 Å². The zero-order valence-electron chi connectivity index (χ0n) is 17.9. The number of halogens is 1. The lowest BCUT2D eigenvalue weighted by Crippen LogP contribution is -2.40. The molecular formula is C25H23FN2O4S. The molecule has 8 heteroatoms. The highest BCUT2D eigenvalue weighted by Gasteiger charge is 2.32. The number of hydrogen-bond donors (Lipinski definition) is 1. The molecule has 2 aromatic carbocycles. The third-order valence-electron chi connectivity index (χ3n) is 5.96. The Labute approximate surface area is 194 Å². The van der Waals surface area contributed by atoms with Crippen molar-refractivity contribution in [3.05, 3.63) is 81.3 Å².